The largest absolute Gasteiger partial charge is 0.478 e. The van der Waals surface area contributed by atoms with Crippen molar-refractivity contribution in [2.45, 2.75) is 63.8 Å². The lowest BCUT2D eigenvalue weighted by atomic mass is 9.72. The molecule has 0 spiro atoms. The normalized spacial score (nSPS) is 28.2. The lowest BCUT2D eigenvalue weighted by Gasteiger charge is -2.44. The predicted octanol–water partition coefficient (Wildman–Crippen LogP) is 4.65. The van der Waals surface area contributed by atoms with Crippen molar-refractivity contribution >= 4 is 11.7 Å². The van der Waals surface area contributed by atoms with Crippen LogP contribution in [0, 0.1) is 11.8 Å². The standard InChI is InChI=1S/C23H34N2O2/c26-23(27)20-8-12-22(13-9-20)25-16-14-24(15-17-25)21-10-6-19(7-11-21)18-4-2-1-3-5-18/h8-9,12-13,18-19,21H,1-7,10-11,14-17H2,(H,26,27). The van der Waals surface area contributed by atoms with Crippen LogP contribution in [-0.4, -0.2) is 48.2 Å². The number of anilines is 1. The molecular weight excluding hydrogens is 336 g/mol. The minimum Gasteiger partial charge on any atom is -0.478 e. The van der Waals surface area contributed by atoms with Crippen molar-refractivity contribution < 1.29 is 9.90 Å². The minimum absolute atomic E-state index is 0.368. The van der Waals surface area contributed by atoms with Gasteiger partial charge in [0.2, 0.25) is 0 Å². The van der Waals surface area contributed by atoms with Gasteiger partial charge in [-0.3, -0.25) is 4.90 Å². The molecule has 0 unspecified atom stereocenters. The average Bonchev–Trinajstić information content (AvgIpc) is 2.75. The number of carboxylic acid groups (broad SMARTS) is 1. The molecule has 148 valence electrons. The van der Waals surface area contributed by atoms with Crippen LogP contribution >= 0.6 is 0 Å². The Hall–Kier alpha value is -1.55. The van der Waals surface area contributed by atoms with Crippen LogP contribution in [0.1, 0.15) is 68.1 Å². The maximum absolute atomic E-state index is 11.0. The summed E-state index contributed by atoms with van der Waals surface area (Å²) in [5.74, 6) is 1.19. The van der Waals surface area contributed by atoms with Crippen LogP contribution in [0.15, 0.2) is 24.3 Å². The highest BCUT2D eigenvalue weighted by atomic mass is 16.4. The molecule has 1 N–H and O–H groups in total. The molecule has 0 radical (unpaired) electrons. The third kappa shape index (κ3) is 4.48. The predicted molar refractivity (Wildman–Crippen MR) is 110 cm³/mol. The topological polar surface area (TPSA) is 43.8 Å². The zero-order valence-electron chi connectivity index (χ0n) is 16.5. The Morgan fingerprint density at radius 3 is 1.96 bits per heavy atom. The second-order valence-electron chi connectivity index (χ2n) is 8.84. The summed E-state index contributed by atoms with van der Waals surface area (Å²) in [6.07, 6.45) is 13.1. The van der Waals surface area contributed by atoms with E-state index in [0.29, 0.717) is 5.56 Å². The van der Waals surface area contributed by atoms with Gasteiger partial charge in [-0.1, -0.05) is 32.1 Å². The number of hydrogen-bond acceptors (Lipinski definition) is 3. The second kappa shape index (κ2) is 8.64. The number of piperazine rings is 1. The molecule has 1 aromatic rings. The molecule has 27 heavy (non-hydrogen) atoms. The Bertz CT molecular complexity index is 608. The number of carbonyl (C=O) groups is 1. The SMILES string of the molecule is O=C(O)c1ccc(N2CCN(C3CCC(C4CCCCC4)CC3)CC2)cc1. The number of hydrogen-bond donors (Lipinski definition) is 1. The van der Waals surface area contributed by atoms with Gasteiger partial charge in [-0.15, -0.1) is 0 Å². The van der Waals surface area contributed by atoms with Gasteiger partial charge in [-0.2, -0.15) is 0 Å². The third-order valence-corrected chi connectivity index (χ3v) is 7.37. The summed E-state index contributed by atoms with van der Waals surface area (Å²) in [6, 6.07) is 8.14. The van der Waals surface area contributed by atoms with Gasteiger partial charge in [0.05, 0.1) is 5.56 Å². The van der Waals surface area contributed by atoms with E-state index < -0.39 is 5.97 Å². The molecule has 0 amide bonds. The van der Waals surface area contributed by atoms with E-state index in [0.717, 1.165) is 49.7 Å². The van der Waals surface area contributed by atoms with Crippen molar-refractivity contribution in [2.75, 3.05) is 31.1 Å². The molecule has 1 aliphatic heterocycles. The first-order valence-electron chi connectivity index (χ1n) is 11.0. The molecular formula is C23H34N2O2. The minimum atomic E-state index is -0.852. The molecule has 0 bridgehead atoms. The highest BCUT2D eigenvalue weighted by molar-refractivity contribution is 5.88. The van der Waals surface area contributed by atoms with Crippen molar-refractivity contribution in [3.63, 3.8) is 0 Å². The van der Waals surface area contributed by atoms with Crippen molar-refractivity contribution in [1.29, 1.82) is 0 Å². The number of aromatic carboxylic acids is 1. The Labute approximate surface area is 163 Å². The van der Waals surface area contributed by atoms with Gasteiger partial charge in [0.1, 0.15) is 0 Å². The van der Waals surface area contributed by atoms with Crippen LogP contribution in [0.4, 0.5) is 5.69 Å². The molecule has 1 aromatic carbocycles. The summed E-state index contributed by atoms with van der Waals surface area (Å²) in [5, 5.41) is 9.05. The van der Waals surface area contributed by atoms with Crippen molar-refractivity contribution in [1.82, 2.24) is 4.90 Å². The molecule has 0 aromatic heterocycles. The monoisotopic (exact) mass is 370 g/mol. The zero-order valence-corrected chi connectivity index (χ0v) is 16.5. The molecule has 3 fully saturated rings. The van der Waals surface area contributed by atoms with Gasteiger partial charge >= 0.3 is 5.97 Å². The molecule has 4 rings (SSSR count). The molecule has 4 heteroatoms. The first-order valence-corrected chi connectivity index (χ1v) is 11.0. The summed E-state index contributed by atoms with van der Waals surface area (Å²) in [6.45, 7) is 4.38. The summed E-state index contributed by atoms with van der Waals surface area (Å²) in [4.78, 5) is 16.1. The van der Waals surface area contributed by atoms with E-state index >= 15 is 0 Å². The Morgan fingerprint density at radius 2 is 1.37 bits per heavy atom. The molecule has 1 heterocycles. The Kier molecular flexibility index (Phi) is 6.01. The van der Waals surface area contributed by atoms with Gasteiger partial charge in [0.15, 0.2) is 0 Å². The van der Waals surface area contributed by atoms with Crippen LogP contribution in [0.25, 0.3) is 0 Å². The Balaban J connectivity index is 1.24. The van der Waals surface area contributed by atoms with Gasteiger partial charge in [0.25, 0.3) is 0 Å². The average molecular weight is 371 g/mol. The first kappa shape index (κ1) is 18.8. The van der Waals surface area contributed by atoms with E-state index in [1.54, 1.807) is 12.1 Å². The number of benzene rings is 1. The maximum atomic E-state index is 11.0. The van der Waals surface area contributed by atoms with Crippen LogP contribution in [0.2, 0.25) is 0 Å². The number of rotatable bonds is 4. The molecule has 3 aliphatic rings. The van der Waals surface area contributed by atoms with Crippen molar-refractivity contribution in [2.24, 2.45) is 11.8 Å². The first-order chi connectivity index (χ1) is 13.2. The Morgan fingerprint density at radius 1 is 0.778 bits per heavy atom. The lowest BCUT2D eigenvalue weighted by Crippen LogP contribution is -2.51. The summed E-state index contributed by atoms with van der Waals surface area (Å²) >= 11 is 0. The number of nitrogens with zero attached hydrogens (tertiary/aromatic N) is 2. The summed E-state index contributed by atoms with van der Waals surface area (Å²) in [7, 11) is 0. The van der Waals surface area contributed by atoms with E-state index in [9.17, 15) is 4.79 Å². The van der Waals surface area contributed by atoms with E-state index in [4.69, 9.17) is 5.11 Å². The fourth-order valence-electron chi connectivity index (χ4n) is 5.70. The highest BCUT2D eigenvalue weighted by Crippen LogP contribution is 2.39. The van der Waals surface area contributed by atoms with Gasteiger partial charge in [0, 0.05) is 37.9 Å². The zero-order chi connectivity index (χ0) is 18.6. The van der Waals surface area contributed by atoms with E-state index in [1.165, 1.54) is 57.8 Å². The van der Waals surface area contributed by atoms with Crippen molar-refractivity contribution in [3.05, 3.63) is 29.8 Å². The van der Waals surface area contributed by atoms with Gasteiger partial charge < -0.3 is 10.0 Å². The smallest absolute Gasteiger partial charge is 0.335 e. The summed E-state index contributed by atoms with van der Waals surface area (Å²) < 4.78 is 0. The lowest BCUT2D eigenvalue weighted by molar-refractivity contribution is 0.0697. The summed E-state index contributed by atoms with van der Waals surface area (Å²) in [5.41, 5.74) is 1.52. The molecule has 4 nitrogen and oxygen atoms in total. The van der Waals surface area contributed by atoms with Crippen LogP contribution < -0.4 is 4.90 Å². The quantitative estimate of drug-likeness (QED) is 0.838. The highest BCUT2D eigenvalue weighted by Gasteiger charge is 2.32. The van der Waals surface area contributed by atoms with E-state index in [1.807, 2.05) is 12.1 Å². The van der Waals surface area contributed by atoms with Gasteiger partial charge in [-0.25, -0.2) is 4.79 Å². The van der Waals surface area contributed by atoms with Crippen molar-refractivity contribution in [3.8, 4) is 0 Å². The van der Waals surface area contributed by atoms with Crippen LogP contribution in [0.3, 0.4) is 0 Å². The van der Waals surface area contributed by atoms with Crippen LogP contribution in [0.5, 0.6) is 0 Å². The molecule has 2 aliphatic carbocycles. The molecule has 0 atom stereocenters. The van der Waals surface area contributed by atoms with E-state index in [-0.39, 0.29) is 0 Å². The second-order valence-corrected chi connectivity index (χ2v) is 8.84. The molecule has 1 saturated heterocycles. The molecule has 2 saturated carbocycles. The maximum Gasteiger partial charge on any atom is 0.335 e. The fraction of sp³-hybridized carbons (Fsp3) is 0.696. The third-order valence-electron chi connectivity index (χ3n) is 7.37. The fourth-order valence-corrected chi connectivity index (χ4v) is 5.70. The number of carboxylic acids is 1. The van der Waals surface area contributed by atoms with Crippen LogP contribution in [-0.2, 0) is 0 Å². The van der Waals surface area contributed by atoms with Gasteiger partial charge in [-0.05, 0) is 61.8 Å². The van der Waals surface area contributed by atoms with E-state index in [2.05, 4.69) is 9.80 Å².